The number of alkyl carbamates (subject to hydrolysis) is 1. The van der Waals surface area contributed by atoms with Crippen LogP contribution in [0.2, 0.25) is 0 Å². The summed E-state index contributed by atoms with van der Waals surface area (Å²) < 4.78 is 21.9. The molecule has 3 aromatic rings. The lowest BCUT2D eigenvalue weighted by atomic mass is 10.2. The number of fused-ring (bicyclic) bond motifs is 1. The maximum Gasteiger partial charge on any atom is 0.408 e. The molecule has 34 heavy (non-hydrogen) atoms. The Kier molecular flexibility index (Phi) is 8.22. The molecule has 0 aliphatic carbocycles. The minimum Gasteiger partial charge on any atom is -0.460 e. The molecule has 2 aromatic carbocycles. The summed E-state index contributed by atoms with van der Waals surface area (Å²) in [5.41, 5.74) is -0.819. The maximum atomic E-state index is 12.8. The minimum atomic E-state index is -0.897. The van der Waals surface area contributed by atoms with Crippen LogP contribution in [0.4, 0.5) is 4.79 Å². The normalized spacial score (nSPS) is 12.1. The number of esters is 1. The number of hydrogen-bond donors (Lipinski definition) is 1. The number of amides is 1. The standard InChI is InChI=1S/C25H27NO7S/c1-25(2,3)33-24(29)26-19(12-13-34-4)23(28)32-17-10-11-18-20(14-17)30-15-21(22(18)27)31-16-8-6-5-7-9-16/h5-11,14-15,19H,12-13H2,1-4H3,(H,26,29). The van der Waals surface area contributed by atoms with Crippen LogP contribution in [0.3, 0.4) is 0 Å². The Labute approximate surface area is 201 Å². The van der Waals surface area contributed by atoms with E-state index in [9.17, 15) is 14.4 Å². The van der Waals surface area contributed by atoms with Crippen LogP contribution in [0.5, 0.6) is 17.2 Å². The molecule has 1 aromatic heterocycles. The fourth-order valence-corrected chi connectivity index (χ4v) is 3.43. The molecule has 180 valence electrons. The predicted octanol–water partition coefficient (Wildman–Crippen LogP) is 5.14. The van der Waals surface area contributed by atoms with Crippen molar-refractivity contribution in [2.24, 2.45) is 0 Å². The zero-order valence-corrected chi connectivity index (χ0v) is 20.3. The molecule has 8 nitrogen and oxygen atoms in total. The molecule has 0 saturated carbocycles. The van der Waals surface area contributed by atoms with E-state index < -0.39 is 23.7 Å². The summed E-state index contributed by atoms with van der Waals surface area (Å²) >= 11 is 1.54. The summed E-state index contributed by atoms with van der Waals surface area (Å²) in [5.74, 6) is 0.713. The van der Waals surface area contributed by atoms with Crippen LogP contribution in [0.1, 0.15) is 27.2 Å². The van der Waals surface area contributed by atoms with Gasteiger partial charge in [0, 0.05) is 6.07 Å². The van der Waals surface area contributed by atoms with E-state index >= 15 is 0 Å². The first-order valence-corrected chi connectivity index (χ1v) is 12.0. The second kappa shape index (κ2) is 11.1. The van der Waals surface area contributed by atoms with E-state index in [4.69, 9.17) is 18.6 Å². The smallest absolute Gasteiger partial charge is 0.408 e. The first kappa shape index (κ1) is 25.2. The number of hydrogen-bond acceptors (Lipinski definition) is 8. The minimum absolute atomic E-state index is 0.0436. The lowest BCUT2D eigenvalue weighted by molar-refractivity contribution is -0.136. The van der Waals surface area contributed by atoms with Crippen LogP contribution in [0.15, 0.2) is 64.0 Å². The summed E-state index contributed by atoms with van der Waals surface area (Å²) in [5, 5.41) is 2.84. The molecule has 0 radical (unpaired) electrons. The molecular formula is C25H27NO7S. The Morgan fingerprint density at radius 3 is 2.50 bits per heavy atom. The van der Waals surface area contributed by atoms with Crippen molar-refractivity contribution in [2.45, 2.75) is 38.8 Å². The highest BCUT2D eigenvalue weighted by Crippen LogP contribution is 2.24. The van der Waals surface area contributed by atoms with Crippen LogP contribution < -0.4 is 20.2 Å². The first-order chi connectivity index (χ1) is 16.2. The number of carbonyl (C=O) groups is 2. The zero-order chi connectivity index (χ0) is 24.7. The van der Waals surface area contributed by atoms with Gasteiger partial charge >= 0.3 is 12.1 Å². The van der Waals surface area contributed by atoms with Gasteiger partial charge in [-0.15, -0.1) is 0 Å². The number of carbonyl (C=O) groups excluding carboxylic acids is 2. The first-order valence-electron chi connectivity index (χ1n) is 10.6. The molecule has 0 aliphatic heterocycles. The Morgan fingerprint density at radius 1 is 1.09 bits per heavy atom. The number of ether oxygens (including phenoxy) is 3. The highest BCUT2D eigenvalue weighted by atomic mass is 32.2. The Hall–Kier alpha value is -3.46. The monoisotopic (exact) mass is 485 g/mol. The third-order valence-corrected chi connectivity index (χ3v) is 5.13. The van der Waals surface area contributed by atoms with Crippen LogP contribution in [0.25, 0.3) is 11.0 Å². The number of nitrogens with one attached hydrogen (secondary N) is 1. The van der Waals surface area contributed by atoms with Crippen molar-refractivity contribution in [3.05, 3.63) is 65.0 Å². The summed E-state index contributed by atoms with van der Waals surface area (Å²) in [6.07, 6.45) is 2.78. The highest BCUT2D eigenvalue weighted by Gasteiger charge is 2.26. The Bertz CT molecular complexity index is 1200. The summed E-state index contributed by atoms with van der Waals surface area (Å²) in [7, 11) is 0. The van der Waals surface area contributed by atoms with E-state index in [1.54, 1.807) is 45.0 Å². The van der Waals surface area contributed by atoms with Gasteiger partial charge in [-0.1, -0.05) is 18.2 Å². The van der Waals surface area contributed by atoms with Crippen LogP contribution in [-0.4, -0.2) is 35.7 Å². The van der Waals surface area contributed by atoms with Gasteiger partial charge < -0.3 is 23.9 Å². The number of para-hydroxylation sites is 1. The van der Waals surface area contributed by atoms with Crippen molar-refractivity contribution in [2.75, 3.05) is 12.0 Å². The van der Waals surface area contributed by atoms with Gasteiger partial charge in [0.05, 0.1) is 5.39 Å². The van der Waals surface area contributed by atoms with Gasteiger partial charge in [-0.3, -0.25) is 4.79 Å². The quantitative estimate of drug-likeness (QED) is 0.346. The van der Waals surface area contributed by atoms with Crippen LogP contribution in [0, 0.1) is 0 Å². The van der Waals surface area contributed by atoms with E-state index in [1.165, 1.54) is 36.2 Å². The number of rotatable bonds is 8. The highest BCUT2D eigenvalue weighted by molar-refractivity contribution is 7.98. The van der Waals surface area contributed by atoms with Gasteiger partial charge in [0.1, 0.15) is 35.0 Å². The van der Waals surface area contributed by atoms with Crippen molar-refractivity contribution in [3.8, 4) is 17.2 Å². The average Bonchev–Trinajstić information content (AvgIpc) is 2.78. The molecule has 0 fully saturated rings. The lowest BCUT2D eigenvalue weighted by Gasteiger charge is -2.22. The summed E-state index contributed by atoms with van der Waals surface area (Å²) in [6, 6.07) is 12.4. The van der Waals surface area contributed by atoms with Crippen LogP contribution in [-0.2, 0) is 9.53 Å². The van der Waals surface area contributed by atoms with E-state index in [2.05, 4.69) is 5.32 Å². The van der Waals surface area contributed by atoms with Crippen molar-refractivity contribution in [1.82, 2.24) is 5.32 Å². The van der Waals surface area contributed by atoms with E-state index in [0.717, 1.165) is 0 Å². The van der Waals surface area contributed by atoms with Crippen molar-refractivity contribution in [3.63, 3.8) is 0 Å². The van der Waals surface area contributed by atoms with E-state index in [1.807, 2.05) is 12.3 Å². The third-order valence-electron chi connectivity index (χ3n) is 4.49. The SMILES string of the molecule is CSCCC(NC(=O)OC(C)(C)C)C(=O)Oc1ccc2c(=O)c(Oc3ccccc3)coc2c1. The average molecular weight is 486 g/mol. The molecule has 0 aliphatic rings. The molecule has 0 spiro atoms. The van der Waals surface area contributed by atoms with E-state index in [0.29, 0.717) is 17.9 Å². The van der Waals surface area contributed by atoms with Gasteiger partial charge in [0.25, 0.3) is 0 Å². The maximum absolute atomic E-state index is 12.8. The number of thioether (sulfide) groups is 1. The molecular weight excluding hydrogens is 458 g/mol. The Balaban J connectivity index is 1.75. The second-order valence-corrected chi connectivity index (χ2v) is 9.39. The van der Waals surface area contributed by atoms with Gasteiger partial charge in [-0.05, 0) is 63.5 Å². The molecule has 1 N–H and O–H groups in total. The molecule has 0 saturated heterocycles. The molecule has 1 atom stereocenters. The topological polar surface area (TPSA) is 104 Å². The van der Waals surface area contributed by atoms with Gasteiger partial charge in [-0.2, -0.15) is 11.8 Å². The predicted molar refractivity (Wildman–Crippen MR) is 131 cm³/mol. The fraction of sp³-hybridized carbons (Fsp3) is 0.320. The van der Waals surface area contributed by atoms with Crippen LogP contribution >= 0.6 is 11.8 Å². The van der Waals surface area contributed by atoms with Gasteiger partial charge in [0.15, 0.2) is 0 Å². The van der Waals surface area contributed by atoms with E-state index in [-0.39, 0.29) is 27.9 Å². The molecule has 3 rings (SSSR count). The molecule has 0 bridgehead atoms. The largest absolute Gasteiger partial charge is 0.460 e. The van der Waals surface area contributed by atoms with Gasteiger partial charge in [0.2, 0.25) is 11.2 Å². The Morgan fingerprint density at radius 2 is 1.82 bits per heavy atom. The molecule has 9 heteroatoms. The van der Waals surface area contributed by atoms with Crippen molar-refractivity contribution < 1.29 is 28.2 Å². The number of benzene rings is 2. The van der Waals surface area contributed by atoms with Crippen molar-refractivity contribution >= 4 is 34.8 Å². The molecule has 1 heterocycles. The lowest BCUT2D eigenvalue weighted by Crippen LogP contribution is -2.45. The molecule has 1 amide bonds. The molecule has 1 unspecified atom stereocenters. The fourth-order valence-electron chi connectivity index (χ4n) is 2.96. The zero-order valence-electron chi connectivity index (χ0n) is 19.5. The second-order valence-electron chi connectivity index (χ2n) is 8.40. The van der Waals surface area contributed by atoms with Gasteiger partial charge in [-0.25, -0.2) is 9.59 Å². The summed E-state index contributed by atoms with van der Waals surface area (Å²) in [4.78, 5) is 37.7. The van der Waals surface area contributed by atoms with Crippen molar-refractivity contribution in [1.29, 1.82) is 0 Å². The third kappa shape index (κ3) is 7.02. The summed E-state index contributed by atoms with van der Waals surface area (Å²) in [6.45, 7) is 5.21.